The van der Waals surface area contributed by atoms with Crippen LogP contribution in [-0.4, -0.2) is 17.4 Å². The van der Waals surface area contributed by atoms with Gasteiger partial charge in [0.2, 0.25) is 0 Å². The molecule has 0 aromatic rings. The lowest BCUT2D eigenvalue weighted by atomic mass is 10.1. The van der Waals surface area contributed by atoms with Crippen LogP contribution >= 0.6 is 23.2 Å². The molecule has 94 valence electrons. The highest BCUT2D eigenvalue weighted by Crippen LogP contribution is 2.24. The smallest absolute Gasteiger partial charge is 0.334 e. The number of alkyl halides is 2. The summed E-state index contributed by atoms with van der Waals surface area (Å²) in [5, 5.41) is 0. The molecule has 0 saturated carbocycles. The fraction of sp³-hybridized carbons (Fsp3) is 0.750. The minimum absolute atomic E-state index is 0.279. The fourth-order valence-corrected chi connectivity index (χ4v) is 1.97. The van der Waals surface area contributed by atoms with Crippen molar-refractivity contribution in [2.24, 2.45) is 0 Å². The minimum atomic E-state index is -0.626. The van der Waals surface area contributed by atoms with Crippen molar-refractivity contribution in [2.45, 2.75) is 51.3 Å². The number of hydrogen-bond donors (Lipinski definition) is 0. The van der Waals surface area contributed by atoms with Gasteiger partial charge in [-0.25, -0.2) is 4.79 Å². The molecule has 0 aromatic heterocycles. The van der Waals surface area contributed by atoms with Gasteiger partial charge in [-0.05, 0) is 24.8 Å². The summed E-state index contributed by atoms with van der Waals surface area (Å²) in [5.41, 5.74) is 1.39. The molecule has 0 atom stereocenters. The molecule has 0 radical (unpaired) electrons. The topological polar surface area (TPSA) is 26.3 Å². The summed E-state index contributed by atoms with van der Waals surface area (Å²) >= 11 is 11.6. The maximum Gasteiger partial charge on any atom is 0.334 e. The lowest BCUT2D eigenvalue weighted by Crippen LogP contribution is -2.13. The highest BCUT2D eigenvalue weighted by molar-refractivity contribution is 6.46. The van der Waals surface area contributed by atoms with Crippen molar-refractivity contribution in [1.82, 2.24) is 0 Å². The number of rotatable bonds is 7. The zero-order valence-electron chi connectivity index (χ0n) is 10.2. The zero-order chi connectivity index (χ0) is 12.6. The molecule has 0 spiro atoms. The van der Waals surface area contributed by atoms with Gasteiger partial charge in [0.15, 0.2) is 0 Å². The van der Waals surface area contributed by atoms with Crippen molar-refractivity contribution in [3.8, 4) is 0 Å². The summed E-state index contributed by atoms with van der Waals surface area (Å²) in [6.45, 7) is 6.35. The van der Waals surface area contributed by atoms with Crippen molar-refractivity contribution >= 4 is 29.2 Å². The van der Waals surface area contributed by atoms with Crippen LogP contribution in [0.3, 0.4) is 0 Å². The van der Waals surface area contributed by atoms with Gasteiger partial charge in [-0.3, -0.25) is 0 Å². The Kier molecular flexibility index (Phi) is 8.77. The maximum absolute atomic E-state index is 11.8. The van der Waals surface area contributed by atoms with Gasteiger partial charge in [-0.15, -0.1) is 23.2 Å². The lowest BCUT2D eigenvalue weighted by molar-refractivity contribution is -0.139. The highest BCUT2D eigenvalue weighted by Gasteiger charge is 2.18. The monoisotopic (exact) mass is 266 g/mol. The van der Waals surface area contributed by atoms with E-state index in [1.165, 1.54) is 0 Å². The molecule has 0 aliphatic carbocycles. The molecule has 0 heterocycles. The highest BCUT2D eigenvalue weighted by atomic mass is 35.5. The summed E-state index contributed by atoms with van der Waals surface area (Å²) in [6, 6.07) is 0. The number of esters is 1. The standard InChI is InChI=1S/C12H20Cl2O2/c1-4-7-8-16-12(15)10(6-3)9(5-2)11(13)14/h11H,4-8H2,1-3H3/b10-9+. The third-order valence-corrected chi connectivity index (χ3v) is 2.89. The molecular weight excluding hydrogens is 247 g/mol. The van der Waals surface area contributed by atoms with Gasteiger partial charge < -0.3 is 4.74 Å². The Morgan fingerprint density at radius 2 is 1.81 bits per heavy atom. The number of carbonyl (C=O) groups excluding carboxylic acids is 1. The van der Waals surface area contributed by atoms with E-state index < -0.39 is 4.84 Å². The molecule has 0 bridgehead atoms. The van der Waals surface area contributed by atoms with Crippen LogP contribution in [0.1, 0.15) is 46.5 Å². The zero-order valence-corrected chi connectivity index (χ0v) is 11.7. The SMILES string of the molecule is CCCCOC(=O)/C(CC)=C(\CC)C(Cl)Cl. The van der Waals surface area contributed by atoms with Gasteiger partial charge in [0.05, 0.1) is 6.61 Å². The normalized spacial score (nSPS) is 12.6. The van der Waals surface area contributed by atoms with Crippen molar-refractivity contribution in [2.75, 3.05) is 6.61 Å². The third-order valence-electron chi connectivity index (χ3n) is 2.36. The van der Waals surface area contributed by atoms with Crippen LogP contribution in [0.4, 0.5) is 0 Å². The Balaban J connectivity index is 4.62. The quantitative estimate of drug-likeness (QED) is 0.298. The van der Waals surface area contributed by atoms with E-state index in [0.717, 1.165) is 18.4 Å². The molecule has 0 aliphatic rings. The Morgan fingerprint density at radius 3 is 2.19 bits per heavy atom. The lowest BCUT2D eigenvalue weighted by Gasteiger charge is -2.13. The van der Waals surface area contributed by atoms with Crippen molar-refractivity contribution in [3.63, 3.8) is 0 Å². The van der Waals surface area contributed by atoms with Crippen molar-refractivity contribution in [3.05, 3.63) is 11.1 Å². The Hall–Kier alpha value is -0.210. The van der Waals surface area contributed by atoms with Crippen LogP contribution in [0.25, 0.3) is 0 Å². The number of hydrogen-bond acceptors (Lipinski definition) is 2. The fourth-order valence-electron chi connectivity index (χ4n) is 1.40. The van der Waals surface area contributed by atoms with Crippen LogP contribution < -0.4 is 0 Å². The van der Waals surface area contributed by atoms with Gasteiger partial charge in [-0.2, -0.15) is 0 Å². The molecule has 0 unspecified atom stereocenters. The average molecular weight is 267 g/mol. The van der Waals surface area contributed by atoms with Gasteiger partial charge in [-0.1, -0.05) is 27.2 Å². The minimum Gasteiger partial charge on any atom is -0.462 e. The Morgan fingerprint density at radius 1 is 1.19 bits per heavy atom. The van der Waals surface area contributed by atoms with E-state index in [0.29, 0.717) is 25.0 Å². The van der Waals surface area contributed by atoms with Gasteiger partial charge in [0.1, 0.15) is 4.84 Å². The second-order valence-electron chi connectivity index (χ2n) is 3.50. The first kappa shape index (κ1) is 15.8. The molecule has 16 heavy (non-hydrogen) atoms. The van der Waals surface area contributed by atoms with Gasteiger partial charge in [0.25, 0.3) is 0 Å². The summed E-state index contributed by atoms with van der Waals surface area (Å²) in [5.74, 6) is -0.279. The van der Waals surface area contributed by atoms with E-state index in [2.05, 4.69) is 6.92 Å². The Bertz CT molecular complexity index is 247. The van der Waals surface area contributed by atoms with Gasteiger partial charge >= 0.3 is 5.97 Å². The molecule has 0 saturated heterocycles. The Labute approximate surface area is 108 Å². The van der Waals surface area contributed by atoms with E-state index in [-0.39, 0.29) is 5.97 Å². The molecule has 0 amide bonds. The first-order valence-electron chi connectivity index (χ1n) is 5.75. The van der Waals surface area contributed by atoms with Crippen LogP contribution in [0.2, 0.25) is 0 Å². The summed E-state index contributed by atoms with van der Waals surface area (Å²) in [4.78, 5) is 11.1. The van der Waals surface area contributed by atoms with E-state index in [1.54, 1.807) is 0 Å². The van der Waals surface area contributed by atoms with Crippen molar-refractivity contribution < 1.29 is 9.53 Å². The summed E-state index contributed by atoms with van der Waals surface area (Å²) < 4.78 is 5.15. The molecule has 0 N–H and O–H groups in total. The van der Waals surface area contributed by atoms with E-state index >= 15 is 0 Å². The van der Waals surface area contributed by atoms with E-state index in [9.17, 15) is 4.79 Å². The van der Waals surface area contributed by atoms with Crippen LogP contribution in [0.15, 0.2) is 11.1 Å². The molecule has 0 aliphatic heterocycles. The second kappa shape index (κ2) is 8.89. The number of halogens is 2. The number of ether oxygens (including phenoxy) is 1. The molecule has 0 fully saturated rings. The molecular formula is C12H20Cl2O2. The summed E-state index contributed by atoms with van der Waals surface area (Å²) in [7, 11) is 0. The van der Waals surface area contributed by atoms with Gasteiger partial charge in [0, 0.05) is 5.57 Å². The molecule has 0 aromatic carbocycles. The van der Waals surface area contributed by atoms with Crippen LogP contribution in [0, 0.1) is 0 Å². The summed E-state index contributed by atoms with van der Waals surface area (Å²) in [6.07, 6.45) is 3.16. The largest absolute Gasteiger partial charge is 0.462 e. The maximum atomic E-state index is 11.8. The number of unbranched alkanes of at least 4 members (excludes halogenated alkanes) is 1. The first-order valence-corrected chi connectivity index (χ1v) is 6.62. The number of allylic oxidation sites excluding steroid dienone is 1. The van der Waals surface area contributed by atoms with Crippen LogP contribution in [0.5, 0.6) is 0 Å². The third kappa shape index (κ3) is 5.22. The molecule has 2 nitrogen and oxygen atoms in total. The first-order chi connectivity index (χ1) is 7.58. The van der Waals surface area contributed by atoms with E-state index in [4.69, 9.17) is 27.9 Å². The van der Waals surface area contributed by atoms with Crippen LogP contribution in [-0.2, 0) is 9.53 Å². The second-order valence-corrected chi connectivity index (χ2v) is 4.60. The van der Waals surface area contributed by atoms with E-state index in [1.807, 2.05) is 13.8 Å². The average Bonchev–Trinajstić information content (AvgIpc) is 2.25. The predicted molar refractivity (Wildman–Crippen MR) is 69.0 cm³/mol. The molecule has 0 rings (SSSR count). The molecule has 4 heteroatoms. The van der Waals surface area contributed by atoms with Crippen molar-refractivity contribution in [1.29, 1.82) is 0 Å². The number of carbonyl (C=O) groups is 1. The predicted octanol–water partition coefficient (Wildman–Crippen LogP) is 4.25.